The molecule has 6 heteroatoms. The van der Waals surface area contributed by atoms with E-state index in [4.69, 9.17) is 0 Å². The third kappa shape index (κ3) is 5.40. The van der Waals surface area contributed by atoms with Crippen LogP contribution in [0.5, 0.6) is 0 Å². The highest BCUT2D eigenvalue weighted by atomic mass is 16.6. The van der Waals surface area contributed by atoms with E-state index in [9.17, 15) is 14.9 Å². The standard InChI is InChI=1S/C25H29N3O3/c1-18(2)20(4)27(25(29)22-10-6-11-23(15-22)28(30)31)17-24-12-7-13-26(24)16-21-9-5-8-19(3)14-21/h5-15,18,20H,16-17H2,1-4H3/t20-/m0/s1. The Bertz CT molecular complexity index is 1070. The maximum Gasteiger partial charge on any atom is 0.270 e. The Balaban J connectivity index is 1.89. The fourth-order valence-corrected chi connectivity index (χ4v) is 3.61. The van der Waals surface area contributed by atoms with Gasteiger partial charge in [-0.3, -0.25) is 14.9 Å². The molecule has 0 saturated carbocycles. The highest BCUT2D eigenvalue weighted by Gasteiger charge is 2.26. The molecule has 1 aromatic heterocycles. The largest absolute Gasteiger partial charge is 0.345 e. The van der Waals surface area contributed by atoms with Crippen LogP contribution in [0.25, 0.3) is 0 Å². The summed E-state index contributed by atoms with van der Waals surface area (Å²) in [7, 11) is 0. The quantitative estimate of drug-likeness (QED) is 0.361. The van der Waals surface area contributed by atoms with Crippen molar-refractivity contribution in [2.75, 3.05) is 0 Å². The van der Waals surface area contributed by atoms with Crippen LogP contribution < -0.4 is 0 Å². The van der Waals surface area contributed by atoms with E-state index in [1.54, 1.807) is 12.1 Å². The van der Waals surface area contributed by atoms with Gasteiger partial charge < -0.3 is 9.47 Å². The second-order valence-electron chi connectivity index (χ2n) is 8.34. The predicted molar refractivity (Wildman–Crippen MR) is 122 cm³/mol. The van der Waals surface area contributed by atoms with E-state index in [0.717, 1.165) is 12.2 Å². The molecular formula is C25H29N3O3. The fraction of sp³-hybridized carbons (Fsp3) is 0.320. The molecule has 0 radical (unpaired) electrons. The van der Waals surface area contributed by atoms with E-state index < -0.39 is 4.92 Å². The molecule has 1 atom stereocenters. The summed E-state index contributed by atoms with van der Waals surface area (Å²) in [5, 5.41) is 11.2. The van der Waals surface area contributed by atoms with Crippen molar-refractivity contribution in [1.82, 2.24) is 9.47 Å². The lowest BCUT2D eigenvalue weighted by Crippen LogP contribution is -2.41. The van der Waals surface area contributed by atoms with Crippen molar-refractivity contribution in [3.05, 3.63) is 99.4 Å². The topological polar surface area (TPSA) is 68.4 Å². The maximum absolute atomic E-state index is 13.4. The molecule has 0 bridgehead atoms. The average molecular weight is 420 g/mol. The van der Waals surface area contributed by atoms with Crippen LogP contribution in [0.2, 0.25) is 0 Å². The van der Waals surface area contributed by atoms with Crippen LogP contribution in [0.4, 0.5) is 5.69 Å². The number of nitro benzene ring substituents is 1. The monoisotopic (exact) mass is 419 g/mol. The summed E-state index contributed by atoms with van der Waals surface area (Å²) >= 11 is 0. The van der Waals surface area contributed by atoms with Crippen molar-refractivity contribution in [2.45, 2.75) is 46.8 Å². The summed E-state index contributed by atoms with van der Waals surface area (Å²) in [6.45, 7) is 9.39. The van der Waals surface area contributed by atoms with Crippen molar-refractivity contribution >= 4 is 11.6 Å². The molecular weight excluding hydrogens is 390 g/mol. The predicted octanol–water partition coefficient (Wildman–Crippen LogP) is 5.44. The minimum atomic E-state index is -0.472. The maximum atomic E-state index is 13.4. The minimum Gasteiger partial charge on any atom is -0.345 e. The lowest BCUT2D eigenvalue weighted by Gasteiger charge is -2.32. The van der Waals surface area contributed by atoms with Gasteiger partial charge in [-0.05, 0) is 43.5 Å². The van der Waals surface area contributed by atoms with Gasteiger partial charge in [-0.25, -0.2) is 0 Å². The average Bonchev–Trinajstić information content (AvgIpc) is 3.17. The number of amides is 1. The molecule has 3 aromatic rings. The number of hydrogen-bond acceptors (Lipinski definition) is 3. The molecule has 0 saturated heterocycles. The van der Waals surface area contributed by atoms with E-state index in [1.807, 2.05) is 36.2 Å². The van der Waals surface area contributed by atoms with Crippen LogP contribution >= 0.6 is 0 Å². The van der Waals surface area contributed by atoms with Gasteiger partial charge in [0.2, 0.25) is 0 Å². The van der Waals surface area contributed by atoms with Gasteiger partial charge in [0.15, 0.2) is 0 Å². The molecule has 2 aromatic carbocycles. The molecule has 0 N–H and O–H groups in total. The van der Waals surface area contributed by atoms with Crippen molar-refractivity contribution < 1.29 is 9.72 Å². The van der Waals surface area contributed by atoms with Crippen LogP contribution in [-0.2, 0) is 13.1 Å². The van der Waals surface area contributed by atoms with Gasteiger partial charge in [0.25, 0.3) is 11.6 Å². The normalized spacial score (nSPS) is 12.0. The number of aromatic nitrogens is 1. The number of carbonyl (C=O) groups excluding carboxylic acids is 1. The van der Waals surface area contributed by atoms with Crippen molar-refractivity contribution in [1.29, 1.82) is 0 Å². The Labute approximate surface area is 183 Å². The number of non-ortho nitro benzene ring substituents is 1. The Morgan fingerprint density at radius 3 is 2.48 bits per heavy atom. The first kappa shape index (κ1) is 22.3. The molecule has 0 spiro atoms. The number of hydrogen-bond donors (Lipinski definition) is 0. The van der Waals surface area contributed by atoms with Gasteiger partial charge >= 0.3 is 0 Å². The highest BCUT2D eigenvalue weighted by molar-refractivity contribution is 5.95. The third-order valence-electron chi connectivity index (χ3n) is 5.71. The summed E-state index contributed by atoms with van der Waals surface area (Å²) in [5.41, 5.74) is 3.69. The van der Waals surface area contributed by atoms with Crippen LogP contribution in [-0.4, -0.2) is 26.3 Å². The Morgan fingerprint density at radius 1 is 1.06 bits per heavy atom. The van der Waals surface area contributed by atoms with Gasteiger partial charge in [0.05, 0.1) is 11.5 Å². The van der Waals surface area contributed by atoms with Crippen LogP contribution in [0.15, 0.2) is 66.9 Å². The zero-order chi connectivity index (χ0) is 22.5. The minimum absolute atomic E-state index is 0.0333. The number of rotatable bonds is 8. The van der Waals surface area contributed by atoms with Crippen LogP contribution in [0.1, 0.15) is 48.0 Å². The van der Waals surface area contributed by atoms with E-state index in [1.165, 1.54) is 23.3 Å². The first-order valence-electron chi connectivity index (χ1n) is 10.5. The first-order valence-corrected chi connectivity index (χ1v) is 10.5. The molecule has 0 fully saturated rings. The molecule has 1 amide bonds. The van der Waals surface area contributed by atoms with Crippen molar-refractivity contribution in [3.8, 4) is 0 Å². The molecule has 1 heterocycles. The Hall–Kier alpha value is -3.41. The molecule has 0 aliphatic heterocycles. The van der Waals surface area contributed by atoms with Gasteiger partial charge in [0.1, 0.15) is 0 Å². The third-order valence-corrected chi connectivity index (χ3v) is 5.71. The number of nitro groups is 1. The van der Waals surface area contributed by atoms with E-state index in [-0.39, 0.29) is 23.6 Å². The second kappa shape index (κ2) is 9.60. The van der Waals surface area contributed by atoms with Gasteiger partial charge in [-0.15, -0.1) is 0 Å². The van der Waals surface area contributed by atoms with Gasteiger partial charge in [-0.2, -0.15) is 0 Å². The van der Waals surface area contributed by atoms with Crippen LogP contribution in [0.3, 0.4) is 0 Å². The number of carbonyl (C=O) groups is 1. The fourth-order valence-electron chi connectivity index (χ4n) is 3.61. The van der Waals surface area contributed by atoms with E-state index >= 15 is 0 Å². The summed E-state index contributed by atoms with van der Waals surface area (Å²) < 4.78 is 2.15. The zero-order valence-electron chi connectivity index (χ0n) is 18.5. The summed E-state index contributed by atoms with van der Waals surface area (Å²) in [6.07, 6.45) is 2.02. The van der Waals surface area contributed by atoms with Gasteiger partial charge in [0, 0.05) is 42.2 Å². The lowest BCUT2D eigenvalue weighted by molar-refractivity contribution is -0.384. The second-order valence-corrected chi connectivity index (χ2v) is 8.34. The zero-order valence-corrected chi connectivity index (χ0v) is 18.5. The molecule has 3 rings (SSSR count). The lowest BCUT2D eigenvalue weighted by atomic mass is 10.0. The van der Waals surface area contributed by atoms with E-state index in [0.29, 0.717) is 12.1 Å². The molecule has 0 aliphatic carbocycles. The molecule has 162 valence electrons. The van der Waals surface area contributed by atoms with Crippen molar-refractivity contribution in [3.63, 3.8) is 0 Å². The number of nitrogens with zero attached hydrogens (tertiary/aromatic N) is 3. The number of aryl methyl sites for hydroxylation is 1. The van der Waals surface area contributed by atoms with Crippen LogP contribution in [0, 0.1) is 23.0 Å². The summed E-state index contributed by atoms with van der Waals surface area (Å²) in [5.74, 6) is 0.0380. The highest BCUT2D eigenvalue weighted by Crippen LogP contribution is 2.21. The van der Waals surface area contributed by atoms with E-state index in [2.05, 4.69) is 43.5 Å². The summed E-state index contributed by atoms with van der Waals surface area (Å²) in [6, 6.07) is 18.3. The van der Waals surface area contributed by atoms with Crippen molar-refractivity contribution in [2.24, 2.45) is 5.92 Å². The molecule has 31 heavy (non-hydrogen) atoms. The first-order chi connectivity index (χ1) is 14.8. The molecule has 0 aliphatic rings. The van der Waals surface area contributed by atoms with Gasteiger partial charge in [-0.1, -0.05) is 49.7 Å². The smallest absolute Gasteiger partial charge is 0.270 e. The molecule has 0 unspecified atom stereocenters. The SMILES string of the molecule is Cc1cccc(Cn2cccc2CN(C(=O)c2cccc([N+](=O)[O-])c2)[C@@H](C)C(C)C)c1. The summed E-state index contributed by atoms with van der Waals surface area (Å²) in [4.78, 5) is 25.9. The Kier molecular flexibility index (Phi) is 6.90. The Morgan fingerprint density at radius 2 is 1.81 bits per heavy atom. The molecule has 6 nitrogen and oxygen atoms in total. The number of benzene rings is 2.